The Morgan fingerprint density at radius 1 is 1.21 bits per heavy atom. The average molecular weight is 199 g/mol. The van der Waals surface area contributed by atoms with Crippen molar-refractivity contribution >= 4 is 0 Å². The van der Waals surface area contributed by atoms with E-state index in [9.17, 15) is 0 Å². The third kappa shape index (κ3) is 8.96. The van der Waals surface area contributed by atoms with Crippen molar-refractivity contribution in [3.8, 4) is 5.75 Å². The van der Waals surface area contributed by atoms with Crippen LogP contribution in [0.2, 0.25) is 0 Å². The van der Waals surface area contributed by atoms with Crippen LogP contribution in [0.15, 0.2) is 24.5 Å². The molecular formula is C10H19N2O2+. The number of aromatic nitrogens is 1. The number of pyridine rings is 1. The summed E-state index contributed by atoms with van der Waals surface area (Å²) in [5, 5.41) is 17.0. The van der Waals surface area contributed by atoms with Gasteiger partial charge in [0.25, 0.3) is 0 Å². The number of rotatable bonds is 2. The van der Waals surface area contributed by atoms with Gasteiger partial charge in [-0.2, -0.15) is 0 Å². The van der Waals surface area contributed by atoms with Gasteiger partial charge in [-0.15, -0.1) is 0 Å². The molecule has 0 saturated heterocycles. The van der Waals surface area contributed by atoms with Gasteiger partial charge in [-0.05, 0) is 12.1 Å². The maximum atomic E-state index is 8.59. The number of aliphatic hydroxyl groups excluding tert-OH is 1. The van der Waals surface area contributed by atoms with Gasteiger partial charge in [0.15, 0.2) is 0 Å². The molecule has 4 nitrogen and oxygen atoms in total. The monoisotopic (exact) mass is 199 g/mol. The van der Waals surface area contributed by atoms with Crippen molar-refractivity contribution in [3.05, 3.63) is 24.5 Å². The van der Waals surface area contributed by atoms with Crippen LogP contribution >= 0.6 is 0 Å². The van der Waals surface area contributed by atoms with E-state index in [1.54, 1.807) is 0 Å². The summed E-state index contributed by atoms with van der Waals surface area (Å²) in [7, 11) is 6.16. The van der Waals surface area contributed by atoms with Crippen LogP contribution in [0.4, 0.5) is 0 Å². The standard InChI is InChI=1S/C5H5NO.C5H14NO/c7-5-1-3-6-4-2-5;1-6(2,3)4-5-7/h1-4H,(H,6,7);7H,4-5H2,1-3H3/q;+1. The summed E-state index contributed by atoms with van der Waals surface area (Å²) in [4.78, 5) is 3.69. The van der Waals surface area contributed by atoms with Crippen LogP contribution < -0.4 is 0 Å². The van der Waals surface area contributed by atoms with Crippen molar-refractivity contribution in [2.45, 2.75) is 0 Å². The molecule has 80 valence electrons. The van der Waals surface area contributed by atoms with Crippen LogP contribution in [-0.2, 0) is 0 Å². The summed E-state index contributed by atoms with van der Waals surface area (Å²) in [5.41, 5.74) is 0. The van der Waals surface area contributed by atoms with Gasteiger partial charge in [0, 0.05) is 12.4 Å². The molecule has 2 N–H and O–H groups in total. The van der Waals surface area contributed by atoms with Crippen LogP contribution in [-0.4, -0.2) is 54.0 Å². The Hall–Kier alpha value is -1.13. The van der Waals surface area contributed by atoms with Crippen molar-refractivity contribution in [1.82, 2.24) is 4.98 Å². The van der Waals surface area contributed by atoms with E-state index in [-0.39, 0.29) is 12.4 Å². The summed E-state index contributed by atoms with van der Waals surface area (Å²) in [6, 6.07) is 3.06. The molecule has 0 aromatic carbocycles. The molecule has 0 spiro atoms. The normalized spacial score (nSPS) is 10.3. The molecule has 0 atom stereocenters. The largest absolute Gasteiger partial charge is 0.508 e. The maximum absolute atomic E-state index is 8.59. The van der Waals surface area contributed by atoms with Gasteiger partial charge in [-0.1, -0.05) is 0 Å². The number of likely N-dealkylation sites (N-methyl/N-ethyl adjacent to an activating group) is 1. The number of quaternary nitrogens is 1. The number of aromatic hydroxyl groups is 1. The van der Waals surface area contributed by atoms with Gasteiger partial charge < -0.3 is 14.7 Å². The van der Waals surface area contributed by atoms with Crippen molar-refractivity contribution in [2.75, 3.05) is 34.3 Å². The zero-order valence-electron chi connectivity index (χ0n) is 9.01. The van der Waals surface area contributed by atoms with Crippen molar-refractivity contribution in [3.63, 3.8) is 0 Å². The van der Waals surface area contributed by atoms with Crippen molar-refractivity contribution in [2.24, 2.45) is 0 Å². The van der Waals surface area contributed by atoms with Crippen LogP contribution in [0.1, 0.15) is 0 Å². The van der Waals surface area contributed by atoms with E-state index in [1.165, 1.54) is 24.5 Å². The van der Waals surface area contributed by atoms with Gasteiger partial charge in [0.2, 0.25) is 0 Å². The highest BCUT2D eigenvalue weighted by Crippen LogP contribution is 2.00. The SMILES string of the molecule is C[N+](C)(C)CCO.Oc1ccncc1. The second-order valence-electron chi connectivity index (χ2n) is 3.94. The second kappa shape index (κ2) is 6.34. The maximum Gasteiger partial charge on any atom is 0.118 e. The molecule has 4 heteroatoms. The third-order valence-electron chi connectivity index (χ3n) is 1.43. The Bertz CT molecular complexity index is 232. The second-order valence-corrected chi connectivity index (χ2v) is 3.94. The van der Waals surface area contributed by atoms with Gasteiger partial charge in [0.05, 0.1) is 27.7 Å². The molecule has 1 aromatic rings. The number of nitrogens with zero attached hydrogens (tertiary/aromatic N) is 2. The fourth-order valence-corrected chi connectivity index (χ4v) is 0.644. The third-order valence-corrected chi connectivity index (χ3v) is 1.43. The van der Waals surface area contributed by atoms with E-state index in [4.69, 9.17) is 10.2 Å². The van der Waals surface area contributed by atoms with E-state index in [1.807, 2.05) is 0 Å². The lowest BCUT2D eigenvalue weighted by atomic mass is 10.5. The number of hydrogen-bond donors (Lipinski definition) is 2. The number of hydrogen-bond acceptors (Lipinski definition) is 3. The first kappa shape index (κ1) is 12.9. The smallest absolute Gasteiger partial charge is 0.118 e. The quantitative estimate of drug-likeness (QED) is 0.681. The van der Waals surface area contributed by atoms with Crippen LogP contribution in [0.3, 0.4) is 0 Å². The summed E-state index contributed by atoms with van der Waals surface area (Å²) in [6.45, 7) is 1.11. The molecule has 0 fully saturated rings. The van der Waals surface area contributed by atoms with Crippen LogP contribution in [0.5, 0.6) is 5.75 Å². The molecule has 1 rings (SSSR count). The minimum atomic E-state index is 0.259. The van der Waals surface area contributed by atoms with Gasteiger partial charge in [-0.3, -0.25) is 4.98 Å². The lowest BCUT2D eigenvalue weighted by Crippen LogP contribution is -2.36. The number of aliphatic hydroxyl groups is 1. The van der Waals surface area contributed by atoms with Gasteiger partial charge in [-0.25, -0.2) is 0 Å². The topological polar surface area (TPSA) is 53.4 Å². The van der Waals surface area contributed by atoms with E-state index < -0.39 is 0 Å². The van der Waals surface area contributed by atoms with Crippen molar-refractivity contribution in [1.29, 1.82) is 0 Å². The van der Waals surface area contributed by atoms with Crippen LogP contribution in [0.25, 0.3) is 0 Å². The molecule has 0 radical (unpaired) electrons. The Kier molecular flexibility index (Phi) is 5.83. The predicted molar refractivity (Wildman–Crippen MR) is 55.9 cm³/mol. The first-order valence-corrected chi connectivity index (χ1v) is 4.46. The van der Waals surface area contributed by atoms with E-state index in [0.717, 1.165) is 11.0 Å². The summed E-state index contributed by atoms with van der Waals surface area (Å²) in [5.74, 6) is 0.259. The average Bonchev–Trinajstić information content (AvgIpc) is 2.04. The molecule has 0 saturated carbocycles. The highest BCUT2D eigenvalue weighted by molar-refractivity contribution is 5.13. The lowest BCUT2D eigenvalue weighted by molar-refractivity contribution is -0.870. The summed E-state index contributed by atoms with van der Waals surface area (Å²) in [6.07, 6.45) is 3.07. The van der Waals surface area contributed by atoms with Gasteiger partial charge >= 0.3 is 0 Å². The fourth-order valence-electron chi connectivity index (χ4n) is 0.644. The zero-order valence-corrected chi connectivity index (χ0v) is 9.01. The summed E-state index contributed by atoms with van der Waals surface area (Å²) >= 11 is 0. The molecule has 1 aromatic heterocycles. The van der Waals surface area contributed by atoms with Gasteiger partial charge in [0.1, 0.15) is 12.3 Å². The Balaban J connectivity index is 0.000000241. The van der Waals surface area contributed by atoms with E-state index >= 15 is 0 Å². The first-order valence-electron chi connectivity index (χ1n) is 4.46. The molecular weight excluding hydrogens is 180 g/mol. The first-order chi connectivity index (χ1) is 6.45. The molecule has 0 aliphatic carbocycles. The highest BCUT2D eigenvalue weighted by Gasteiger charge is 2.02. The Morgan fingerprint density at radius 3 is 1.86 bits per heavy atom. The van der Waals surface area contributed by atoms with E-state index in [0.29, 0.717) is 0 Å². The fraction of sp³-hybridized carbons (Fsp3) is 0.500. The summed E-state index contributed by atoms with van der Waals surface area (Å²) < 4.78 is 0.844. The highest BCUT2D eigenvalue weighted by atomic mass is 16.3. The molecule has 0 bridgehead atoms. The molecule has 1 heterocycles. The minimum absolute atomic E-state index is 0.259. The Labute approximate surface area is 85.0 Å². The predicted octanol–water partition coefficient (Wildman–Crippen LogP) is 0.472. The lowest BCUT2D eigenvalue weighted by Gasteiger charge is -2.21. The molecule has 0 aliphatic rings. The molecule has 0 amide bonds. The van der Waals surface area contributed by atoms with Crippen molar-refractivity contribution < 1.29 is 14.7 Å². The van der Waals surface area contributed by atoms with E-state index in [2.05, 4.69) is 26.1 Å². The molecule has 0 aliphatic heterocycles. The molecule has 0 unspecified atom stereocenters. The Morgan fingerprint density at radius 2 is 1.71 bits per heavy atom. The minimum Gasteiger partial charge on any atom is -0.508 e. The molecule has 14 heavy (non-hydrogen) atoms. The zero-order chi connectivity index (χ0) is 11.0. The van der Waals surface area contributed by atoms with Crippen LogP contribution in [0, 0.1) is 0 Å².